The van der Waals surface area contributed by atoms with Gasteiger partial charge in [0.25, 0.3) is 0 Å². The number of carbonyl (C=O) groups excluding carboxylic acids is 1. The number of carbonyl (C=O) groups is 1. The van der Waals surface area contributed by atoms with Gasteiger partial charge in [0.05, 0.1) is 4.47 Å². The minimum absolute atomic E-state index is 0.149. The van der Waals surface area contributed by atoms with Crippen LogP contribution >= 0.6 is 47.8 Å². The first kappa shape index (κ1) is 18.5. The van der Waals surface area contributed by atoms with Gasteiger partial charge in [-0.15, -0.1) is 0 Å². The van der Waals surface area contributed by atoms with Crippen LogP contribution in [0.2, 0.25) is 0 Å². The summed E-state index contributed by atoms with van der Waals surface area (Å²) in [6.45, 7) is 8.12. The number of aromatic nitrogens is 2. The first-order valence-corrected chi connectivity index (χ1v) is 10.2. The lowest BCUT2D eigenvalue weighted by atomic mass is 9.82. The Bertz CT molecular complexity index is 546. The molecule has 4 nitrogen and oxygen atoms in total. The average molecular weight is 500 g/mol. The molecule has 3 unspecified atom stereocenters. The van der Waals surface area contributed by atoms with Gasteiger partial charge in [0.15, 0.2) is 0 Å². The van der Waals surface area contributed by atoms with Gasteiger partial charge in [0.1, 0.15) is 15.2 Å². The average Bonchev–Trinajstić information content (AvgIpc) is 2.80. The number of likely N-dealkylation sites (tertiary alicyclic amines) is 1. The molecule has 3 atom stereocenters. The molecule has 124 valence electrons. The zero-order chi connectivity index (χ0) is 16.4. The third-order valence-corrected chi connectivity index (χ3v) is 7.87. The van der Waals surface area contributed by atoms with E-state index in [9.17, 15) is 4.79 Å². The highest BCUT2D eigenvalue weighted by molar-refractivity contribution is 9.14. The Balaban J connectivity index is 2.12. The van der Waals surface area contributed by atoms with Gasteiger partial charge >= 0.3 is 0 Å². The number of rotatable bonds is 4. The topological polar surface area (TPSA) is 38.1 Å². The van der Waals surface area contributed by atoms with Crippen molar-refractivity contribution in [3.05, 3.63) is 13.7 Å². The second kappa shape index (κ2) is 7.79. The van der Waals surface area contributed by atoms with Gasteiger partial charge < -0.3 is 4.90 Å². The lowest BCUT2D eigenvalue weighted by Crippen LogP contribution is -2.46. The predicted molar refractivity (Wildman–Crippen MR) is 98.8 cm³/mol. The van der Waals surface area contributed by atoms with E-state index in [0.29, 0.717) is 10.5 Å². The molecule has 1 aromatic rings. The maximum atomic E-state index is 12.8. The van der Waals surface area contributed by atoms with E-state index in [4.69, 9.17) is 0 Å². The summed E-state index contributed by atoms with van der Waals surface area (Å²) in [4.78, 5) is 14.9. The Labute approximate surface area is 157 Å². The Morgan fingerprint density at radius 2 is 1.91 bits per heavy atom. The second-order valence-electron chi connectivity index (χ2n) is 5.93. The van der Waals surface area contributed by atoms with Gasteiger partial charge in [-0.3, -0.25) is 4.79 Å². The zero-order valence-electron chi connectivity index (χ0n) is 13.2. The summed E-state index contributed by atoms with van der Waals surface area (Å²) in [7, 11) is 0. The van der Waals surface area contributed by atoms with E-state index >= 15 is 0 Å². The van der Waals surface area contributed by atoms with E-state index in [1.807, 2.05) is 11.8 Å². The summed E-state index contributed by atoms with van der Waals surface area (Å²) in [5, 5.41) is 4.39. The smallest absolute Gasteiger partial charge is 0.247 e. The molecule has 1 aliphatic heterocycles. The molecule has 7 heteroatoms. The Kier molecular flexibility index (Phi) is 6.54. The minimum atomic E-state index is -0.312. The molecular weight excluding hydrogens is 478 g/mol. The van der Waals surface area contributed by atoms with Crippen LogP contribution in [-0.2, 0) is 4.79 Å². The summed E-state index contributed by atoms with van der Waals surface area (Å²) in [5.41, 5.74) is 0. The molecule has 0 aliphatic carbocycles. The van der Waals surface area contributed by atoms with Crippen LogP contribution in [0.5, 0.6) is 0 Å². The zero-order valence-corrected chi connectivity index (χ0v) is 17.9. The SMILES string of the molecule is CCC1CCN(C(=O)C(C)n2nc(Br)c(Br)c2Br)CC1CC. The van der Waals surface area contributed by atoms with E-state index in [0.717, 1.165) is 40.9 Å². The van der Waals surface area contributed by atoms with Crippen LogP contribution in [0.15, 0.2) is 13.7 Å². The van der Waals surface area contributed by atoms with Gasteiger partial charge in [0, 0.05) is 13.1 Å². The van der Waals surface area contributed by atoms with Crippen molar-refractivity contribution in [3.8, 4) is 0 Å². The van der Waals surface area contributed by atoms with Crippen LogP contribution in [-0.4, -0.2) is 33.7 Å². The number of halogens is 3. The fraction of sp³-hybridized carbons (Fsp3) is 0.733. The Morgan fingerprint density at radius 3 is 2.41 bits per heavy atom. The molecule has 0 spiro atoms. The molecule has 0 radical (unpaired) electrons. The van der Waals surface area contributed by atoms with Crippen LogP contribution in [0.1, 0.15) is 46.1 Å². The highest BCUT2D eigenvalue weighted by atomic mass is 79.9. The maximum Gasteiger partial charge on any atom is 0.247 e. The second-order valence-corrected chi connectivity index (χ2v) is 8.22. The largest absolute Gasteiger partial charge is 0.341 e. The van der Waals surface area contributed by atoms with Crippen LogP contribution in [0, 0.1) is 11.8 Å². The first-order valence-electron chi connectivity index (χ1n) is 7.78. The summed E-state index contributed by atoms with van der Waals surface area (Å²) < 4.78 is 4.05. The van der Waals surface area contributed by atoms with Gasteiger partial charge in [-0.1, -0.05) is 26.7 Å². The van der Waals surface area contributed by atoms with Crippen molar-refractivity contribution in [2.24, 2.45) is 11.8 Å². The standard InChI is InChI=1S/C15H22Br3N3O/c1-4-10-6-7-20(8-11(10)5-2)15(22)9(3)21-14(18)12(16)13(17)19-21/h9-11H,4-8H2,1-3H3. The molecule has 1 amide bonds. The lowest BCUT2D eigenvalue weighted by molar-refractivity contribution is -0.137. The van der Waals surface area contributed by atoms with Gasteiger partial charge in [-0.25, -0.2) is 4.68 Å². The highest BCUT2D eigenvalue weighted by Crippen LogP contribution is 2.34. The first-order chi connectivity index (χ1) is 10.4. The van der Waals surface area contributed by atoms with Crippen molar-refractivity contribution >= 4 is 53.7 Å². The quantitative estimate of drug-likeness (QED) is 0.583. The number of piperidine rings is 1. The molecule has 1 aliphatic rings. The predicted octanol–water partition coefficient (Wildman–Crippen LogP) is 5.02. The van der Waals surface area contributed by atoms with Crippen molar-refractivity contribution < 1.29 is 4.79 Å². The molecule has 0 N–H and O–H groups in total. The number of hydrogen-bond acceptors (Lipinski definition) is 2. The van der Waals surface area contributed by atoms with Crippen LogP contribution in [0.4, 0.5) is 0 Å². The molecule has 1 aromatic heterocycles. The number of amides is 1. The third kappa shape index (κ3) is 3.61. The molecule has 22 heavy (non-hydrogen) atoms. The van der Waals surface area contributed by atoms with Crippen molar-refractivity contribution in [1.82, 2.24) is 14.7 Å². The Morgan fingerprint density at radius 1 is 1.27 bits per heavy atom. The van der Waals surface area contributed by atoms with Crippen LogP contribution in [0.3, 0.4) is 0 Å². The molecule has 0 bridgehead atoms. The van der Waals surface area contributed by atoms with Gasteiger partial charge in [0.2, 0.25) is 5.91 Å². The summed E-state index contributed by atoms with van der Waals surface area (Å²) in [5.74, 6) is 1.52. The molecule has 2 rings (SSSR count). The van der Waals surface area contributed by atoms with Crippen molar-refractivity contribution in [3.63, 3.8) is 0 Å². The molecular formula is C15H22Br3N3O. The monoisotopic (exact) mass is 497 g/mol. The van der Waals surface area contributed by atoms with E-state index in [1.165, 1.54) is 6.42 Å². The van der Waals surface area contributed by atoms with Gasteiger partial charge in [-0.2, -0.15) is 5.10 Å². The normalized spacial score (nSPS) is 23.6. The minimum Gasteiger partial charge on any atom is -0.341 e. The van der Waals surface area contributed by atoms with E-state index < -0.39 is 0 Å². The molecule has 2 heterocycles. The van der Waals surface area contributed by atoms with Gasteiger partial charge in [-0.05, 0) is 73.0 Å². The Hall–Kier alpha value is 0.120. The fourth-order valence-corrected chi connectivity index (χ4v) is 4.73. The lowest BCUT2D eigenvalue weighted by Gasteiger charge is -2.39. The van der Waals surface area contributed by atoms with Crippen LogP contribution in [0.25, 0.3) is 0 Å². The number of hydrogen-bond donors (Lipinski definition) is 0. The maximum absolute atomic E-state index is 12.8. The summed E-state index contributed by atoms with van der Waals surface area (Å²) in [6.07, 6.45) is 3.46. The fourth-order valence-electron chi connectivity index (χ4n) is 3.27. The molecule has 1 fully saturated rings. The molecule has 0 saturated carbocycles. The van der Waals surface area contributed by atoms with Crippen molar-refractivity contribution in [2.45, 2.75) is 46.1 Å². The van der Waals surface area contributed by atoms with Crippen LogP contribution < -0.4 is 0 Å². The van der Waals surface area contributed by atoms with E-state index in [-0.39, 0.29) is 11.9 Å². The molecule has 1 saturated heterocycles. The third-order valence-electron chi connectivity index (χ3n) is 4.73. The van der Waals surface area contributed by atoms with E-state index in [2.05, 4.69) is 66.7 Å². The summed E-state index contributed by atoms with van der Waals surface area (Å²) in [6, 6.07) is -0.312. The van der Waals surface area contributed by atoms with Crippen molar-refractivity contribution in [2.75, 3.05) is 13.1 Å². The van der Waals surface area contributed by atoms with Crippen molar-refractivity contribution in [1.29, 1.82) is 0 Å². The highest BCUT2D eigenvalue weighted by Gasteiger charge is 2.32. The summed E-state index contributed by atoms with van der Waals surface area (Å²) >= 11 is 10.3. The van der Waals surface area contributed by atoms with E-state index in [1.54, 1.807) is 4.68 Å². The number of nitrogens with zero attached hydrogens (tertiary/aromatic N) is 3. The molecule has 0 aromatic carbocycles.